The average Bonchev–Trinajstić information content (AvgIpc) is 3.24. The van der Waals surface area contributed by atoms with Crippen molar-refractivity contribution < 1.29 is 14.3 Å². The second kappa shape index (κ2) is 9.36. The van der Waals surface area contributed by atoms with E-state index in [2.05, 4.69) is 33.7 Å². The third kappa shape index (κ3) is 4.13. The first-order chi connectivity index (χ1) is 18.8. The summed E-state index contributed by atoms with van der Waals surface area (Å²) in [6.07, 6.45) is 6.20. The molecule has 0 radical (unpaired) electrons. The molecule has 0 bridgehead atoms. The molecule has 2 aromatic heterocycles. The fraction of sp³-hybridized carbons (Fsp3) is 0.393. The summed E-state index contributed by atoms with van der Waals surface area (Å²) >= 11 is 6.68. The van der Waals surface area contributed by atoms with Crippen LogP contribution in [0.15, 0.2) is 24.8 Å². The lowest BCUT2D eigenvalue weighted by molar-refractivity contribution is -0.127. The number of aryl methyl sites for hydroxylation is 1. The summed E-state index contributed by atoms with van der Waals surface area (Å²) in [5.41, 5.74) is 16.0. The number of carbonyl (C=O) groups excluding carboxylic acids is 2. The number of aromatic nitrogens is 4. The summed E-state index contributed by atoms with van der Waals surface area (Å²) in [6, 6.07) is 3.26. The highest BCUT2D eigenvalue weighted by Crippen LogP contribution is 2.58. The first kappa shape index (κ1) is 25.3. The molecule has 11 heteroatoms. The lowest BCUT2D eigenvalue weighted by Gasteiger charge is -2.22. The molecule has 1 aliphatic heterocycles. The highest BCUT2D eigenvalue weighted by atomic mass is 35.5. The third-order valence-electron chi connectivity index (χ3n) is 8.21. The summed E-state index contributed by atoms with van der Waals surface area (Å²) < 4.78 is 6.82. The Bertz CT molecular complexity index is 1610. The molecule has 39 heavy (non-hydrogen) atoms. The van der Waals surface area contributed by atoms with Gasteiger partial charge in [-0.3, -0.25) is 9.59 Å². The number of fused-ring (bicyclic) bond motifs is 4. The van der Waals surface area contributed by atoms with Crippen molar-refractivity contribution in [1.82, 2.24) is 24.9 Å². The number of anilines is 1. The Morgan fingerprint density at radius 1 is 1.28 bits per heavy atom. The Hall–Kier alpha value is -3.94. The largest absolute Gasteiger partial charge is 0.383 e. The van der Waals surface area contributed by atoms with Crippen LogP contribution in [0.3, 0.4) is 0 Å². The number of hydrogen-bond donors (Lipinski definition) is 2. The van der Waals surface area contributed by atoms with Gasteiger partial charge in [0.25, 0.3) is 5.91 Å². The van der Waals surface area contributed by atoms with Crippen molar-refractivity contribution in [3.63, 3.8) is 0 Å². The topological polar surface area (TPSA) is 142 Å². The van der Waals surface area contributed by atoms with Gasteiger partial charge < -0.3 is 21.1 Å². The molecule has 10 nitrogen and oxygen atoms in total. The molecule has 3 heterocycles. The van der Waals surface area contributed by atoms with Crippen molar-refractivity contribution in [2.45, 2.75) is 49.6 Å². The SMILES string of the molecule is C=CC(=O)N1C[C@@H](n2nc(C#Cc3cc4nnc5c(c4cc3Cl)C3(CC5)CC3)c(C(N)=O)c2N)C[C@@H]1COC. The maximum Gasteiger partial charge on any atom is 0.255 e. The predicted octanol–water partition coefficient (Wildman–Crippen LogP) is 2.51. The van der Waals surface area contributed by atoms with Gasteiger partial charge in [-0.15, -0.1) is 0 Å². The minimum Gasteiger partial charge on any atom is -0.383 e. The van der Waals surface area contributed by atoms with Crippen LogP contribution < -0.4 is 11.5 Å². The highest BCUT2D eigenvalue weighted by Gasteiger charge is 2.50. The molecular weight excluding hydrogens is 518 g/mol. The van der Waals surface area contributed by atoms with E-state index in [9.17, 15) is 9.59 Å². The quantitative estimate of drug-likeness (QED) is 0.370. The zero-order chi connectivity index (χ0) is 27.5. The van der Waals surface area contributed by atoms with E-state index >= 15 is 0 Å². The Morgan fingerprint density at radius 2 is 2.08 bits per heavy atom. The first-order valence-electron chi connectivity index (χ1n) is 12.9. The van der Waals surface area contributed by atoms with E-state index in [0.29, 0.717) is 30.2 Å². The number of amides is 2. The number of methoxy groups -OCH3 is 1. The molecule has 0 unspecified atom stereocenters. The van der Waals surface area contributed by atoms with Gasteiger partial charge in [0.1, 0.15) is 11.4 Å². The van der Waals surface area contributed by atoms with E-state index in [4.69, 9.17) is 27.8 Å². The molecule has 2 atom stereocenters. The Labute approximate surface area is 230 Å². The number of nitrogens with two attached hydrogens (primary N) is 2. The zero-order valence-electron chi connectivity index (χ0n) is 21.5. The van der Waals surface area contributed by atoms with Crippen molar-refractivity contribution in [1.29, 1.82) is 0 Å². The second-order valence-corrected chi connectivity index (χ2v) is 10.9. The van der Waals surface area contributed by atoms with Gasteiger partial charge >= 0.3 is 0 Å². The van der Waals surface area contributed by atoms with Crippen LogP contribution in [0.4, 0.5) is 5.82 Å². The van der Waals surface area contributed by atoms with Crippen molar-refractivity contribution in [3.05, 3.63) is 57.9 Å². The van der Waals surface area contributed by atoms with Crippen molar-refractivity contribution in [2.24, 2.45) is 5.73 Å². The van der Waals surface area contributed by atoms with Gasteiger partial charge in [0, 0.05) is 24.6 Å². The van der Waals surface area contributed by atoms with Crippen LogP contribution >= 0.6 is 11.6 Å². The minimum absolute atomic E-state index is 0.0319. The standard InChI is InChI=1S/C28H28ClN7O3/c1-3-23(37)35-13-16(11-17(35)14-39-2)36-26(30)24(27(31)38)20(34-36)5-4-15-10-22-18(12-19(15)29)25-21(32-33-22)6-7-28(25)8-9-28/h3,10,12,16-17H,1,6-9,11,13-14,30H2,2H3,(H2,31,38)/t16-,17+/m0/s1. The fourth-order valence-electron chi connectivity index (χ4n) is 6.15. The van der Waals surface area contributed by atoms with Crippen LogP contribution in [0.2, 0.25) is 5.02 Å². The lowest BCUT2D eigenvalue weighted by atomic mass is 9.95. The van der Waals surface area contributed by atoms with Crippen molar-refractivity contribution >= 4 is 40.1 Å². The van der Waals surface area contributed by atoms with Crippen LogP contribution in [-0.4, -0.2) is 63.0 Å². The number of nitrogen functional groups attached to an aromatic ring is 1. The monoisotopic (exact) mass is 545 g/mol. The maximum atomic E-state index is 12.4. The van der Waals surface area contributed by atoms with Crippen LogP contribution in [0.1, 0.15) is 64.6 Å². The average molecular weight is 546 g/mol. The van der Waals surface area contributed by atoms with Gasteiger partial charge in [-0.05, 0) is 67.2 Å². The van der Waals surface area contributed by atoms with Gasteiger partial charge in [-0.2, -0.15) is 15.3 Å². The molecule has 3 aliphatic rings. The van der Waals surface area contributed by atoms with Gasteiger partial charge in [0.15, 0.2) is 5.69 Å². The molecule has 3 aromatic rings. The molecule has 1 aromatic carbocycles. The van der Waals surface area contributed by atoms with E-state index in [-0.39, 0.29) is 40.5 Å². The number of primary amides is 1. The Balaban J connectivity index is 1.36. The lowest BCUT2D eigenvalue weighted by Crippen LogP contribution is -2.37. The van der Waals surface area contributed by atoms with E-state index < -0.39 is 5.91 Å². The Kier molecular flexibility index (Phi) is 6.08. The summed E-state index contributed by atoms with van der Waals surface area (Å²) in [7, 11) is 1.58. The van der Waals surface area contributed by atoms with E-state index in [1.807, 2.05) is 12.1 Å². The van der Waals surface area contributed by atoms with Crippen LogP contribution in [0, 0.1) is 11.8 Å². The summed E-state index contributed by atoms with van der Waals surface area (Å²) in [5.74, 6) is 5.12. The number of carbonyl (C=O) groups is 2. The first-order valence-corrected chi connectivity index (χ1v) is 13.2. The van der Waals surface area contributed by atoms with Gasteiger partial charge in [-0.1, -0.05) is 24.1 Å². The van der Waals surface area contributed by atoms with Gasteiger partial charge in [0.2, 0.25) is 5.91 Å². The number of benzene rings is 1. The smallest absolute Gasteiger partial charge is 0.255 e. The Morgan fingerprint density at radius 3 is 2.77 bits per heavy atom. The van der Waals surface area contributed by atoms with Crippen molar-refractivity contribution in [3.8, 4) is 11.8 Å². The highest BCUT2D eigenvalue weighted by molar-refractivity contribution is 6.32. The number of ether oxygens (including phenoxy) is 1. The van der Waals surface area contributed by atoms with E-state index in [1.165, 1.54) is 29.2 Å². The summed E-state index contributed by atoms with van der Waals surface area (Å²) in [6.45, 7) is 4.26. The number of nitrogens with zero attached hydrogens (tertiary/aromatic N) is 5. The van der Waals surface area contributed by atoms with E-state index in [0.717, 1.165) is 29.4 Å². The molecular formula is C28H28ClN7O3. The minimum atomic E-state index is -0.741. The van der Waals surface area contributed by atoms with Crippen LogP contribution in [-0.2, 0) is 21.4 Å². The molecule has 1 spiro atoms. The number of rotatable bonds is 5. The summed E-state index contributed by atoms with van der Waals surface area (Å²) in [4.78, 5) is 26.4. The maximum absolute atomic E-state index is 12.4. The molecule has 2 fully saturated rings. The van der Waals surface area contributed by atoms with Crippen LogP contribution in [0.25, 0.3) is 10.9 Å². The summed E-state index contributed by atoms with van der Waals surface area (Å²) in [5, 5.41) is 15.0. The molecule has 1 saturated heterocycles. The predicted molar refractivity (Wildman–Crippen MR) is 146 cm³/mol. The van der Waals surface area contributed by atoms with Gasteiger partial charge in [-0.25, -0.2) is 4.68 Å². The number of halogens is 1. The van der Waals surface area contributed by atoms with E-state index in [1.54, 1.807) is 12.0 Å². The normalized spacial score (nSPS) is 20.6. The molecule has 200 valence electrons. The molecule has 6 rings (SSSR count). The third-order valence-corrected chi connectivity index (χ3v) is 8.52. The van der Waals surface area contributed by atoms with Crippen molar-refractivity contribution in [2.75, 3.05) is 26.0 Å². The molecule has 1 saturated carbocycles. The molecule has 2 aliphatic carbocycles. The van der Waals surface area contributed by atoms with Crippen LogP contribution in [0.5, 0.6) is 0 Å². The number of likely N-dealkylation sites (tertiary alicyclic amines) is 1. The molecule has 4 N–H and O–H groups in total. The fourth-order valence-corrected chi connectivity index (χ4v) is 6.36. The number of hydrogen-bond acceptors (Lipinski definition) is 7. The zero-order valence-corrected chi connectivity index (χ0v) is 22.3. The molecule has 2 amide bonds. The van der Waals surface area contributed by atoms with Gasteiger partial charge in [0.05, 0.1) is 34.9 Å². The second-order valence-electron chi connectivity index (χ2n) is 10.5.